The summed E-state index contributed by atoms with van der Waals surface area (Å²) in [5.41, 5.74) is 6.26. The molecule has 0 radical (unpaired) electrons. The third-order valence-corrected chi connectivity index (χ3v) is 4.68. The second kappa shape index (κ2) is 7.73. The number of amides is 1. The molecule has 3 nitrogen and oxygen atoms in total. The first-order valence-corrected chi connectivity index (χ1v) is 8.81. The number of carbonyl (C=O) groups excluding carboxylic acids is 1. The van der Waals surface area contributed by atoms with Crippen LogP contribution in [0.25, 0.3) is 0 Å². The molecule has 0 aromatic heterocycles. The first-order chi connectivity index (χ1) is 11.7. The molecule has 25 heavy (non-hydrogen) atoms. The number of hydrogen-bond acceptors (Lipinski definition) is 2. The molecule has 0 saturated heterocycles. The number of aryl methyl sites for hydroxylation is 3. The fourth-order valence-electron chi connectivity index (χ4n) is 3.23. The van der Waals surface area contributed by atoms with Crippen LogP contribution in [0.15, 0.2) is 30.3 Å². The summed E-state index contributed by atoms with van der Waals surface area (Å²) in [6, 6.07) is 10.2. The second-order valence-corrected chi connectivity index (χ2v) is 7.12. The SMILES string of the molecule is COc1cc(C)c(C(=O)N[C@H](C)c2ccc(C)cc2C)cc1C(C)C. The molecule has 0 saturated carbocycles. The van der Waals surface area contributed by atoms with E-state index in [4.69, 9.17) is 4.74 Å². The molecule has 134 valence electrons. The maximum Gasteiger partial charge on any atom is 0.252 e. The quantitative estimate of drug-likeness (QED) is 0.809. The van der Waals surface area contributed by atoms with Crippen LogP contribution in [0.4, 0.5) is 0 Å². The number of methoxy groups -OCH3 is 1. The maximum atomic E-state index is 12.9. The van der Waals surface area contributed by atoms with Crippen LogP contribution < -0.4 is 10.1 Å². The average molecular weight is 339 g/mol. The van der Waals surface area contributed by atoms with E-state index in [-0.39, 0.29) is 11.9 Å². The Morgan fingerprint density at radius 1 is 0.960 bits per heavy atom. The van der Waals surface area contributed by atoms with E-state index in [1.54, 1.807) is 7.11 Å². The van der Waals surface area contributed by atoms with Crippen molar-refractivity contribution in [1.82, 2.24) is 5.32 Å². The molecular formula is C22H29NO2. The molecule has 1 N–H and O–H groups in total. The van der Waals surface area contributed by atoms with E-state index >= 15 is 0 Å². The molecule has 2 rings (SSSR count). The van der Waals surface area contributed by atoms with Crippen molar-refractivity contribution in [3.8, 4) is 5.75 Å². The zero-order valence-electron chi connectivity index (χ0n) is 16.4. The van der Waals surface area contributed by atoms with Gasteiger partial charge in [0.2, 0.25) is 0 Å². The van der Waals surface area contributed by atoms with Gasteiger partial charge in [0.25, 0.3) is 5.91 Å². The van der Waals surface area contributed by atoms with E-state index < -0.39 is 0 Å². The zero-order valence-corrected chi connectivity index (χ0v) is 16.4. The van der Waals surface area contributed by atoms with Gasteiger partial charge in [0.05, 0.1) is 13.2 Å². The molecule has 0 bridgehead atoms. The summed E-state index contributed by atoms with van der Waals surface area (Å²) in [6.45, 7) is 12.3. The lowest BCUT2D eigenvalue weighted by atomic mass is 9.95. The van der Waals surface area contributed by atoms with Crippen LogP contribution in [0.3, 0.4) is 0 Å². The van der Waals surface area contributed by atoms with E-state index in [1.807, 2.05) is 26.0 Å². The largest absolute Gasteiger partial charge is 0.496 e. The van der Waals surface area contributed by atoms with Gasteiger partial charge in [-0.15, -0.1) is 0 Å². The number of nitrogens with one attached hydrogen (secondary N) is 1. The highest BCUT2D eigenvalue weighted by Crippen LogP contribution is 2.30. The van der Waals surface area contributed by atoms with E-state index in [0.717, 1.165) is 22.4 Å². The van der Waals surface area contributed by atoms with Crippen molar-refractivity contribution in [3.05, 3.63) is 63.7 Å². The Morgan fingerprint density at radius 2 is 1.64 bits per heavy atom. The lowest BCUT2D eigenvalue weighted by Crippen LogP contribution is -2.28. The third kappa shape index (κ3) is 4.22. The van der Waals surface area contributed by atoms with Gasteiger partial charge in [-0.3, -0.25) is 4.79 Å². The van der Waals surface area contributed by atoms with Crippen molar-refractivity contribution in [2.24, 2.45) is 0 Å². The molecular weight excluding hydrogens is 310 g/mol. The minimum absolute atomic E-state index is 0.0444. The van der Waals surface area contributed by atoms with Crippen molar-refractivity contribution < 1.29 is 9.53 Å². The van der Waals surface area contributed by atoms with E-state index in [1.165, 1.54) is 11.1 Å². The lowest BCUT2D eigenvalue weighted by molar-refractivity contribution is 0.0939. The second-order valence-electron chi connectivity index (χ2n) is 7.12. The van der Waals surface area contributed by atoms with Gasteiger partial charge >= 0.3 is 0 Å². The predicted octanol–water partition coefficient (Wildman–Crippen LogP) is 5.23. The minimum atomic E-state index is -0.0467. The maximum absolute atomic E-state index is 12.9. The van der Waals surface area contributed by atoms with Gasteiger partial charge < -0.3 is 10.1 Å². The third-order valence-electron chi connectivity index (χ3n) is 4.68. The Labute approximate surface area is 151 Å². The summed E-state index contributed by atoms with van der Waals surface area (Å²) >= 11 is 0. The van der Waals surface area contributed by atoms with Crippen molar-refractivity contribution in [2.45, 2.75) is 53.5 Å². The fraction of sp³-hybridized carbons (Fsp3) is 0.409. The van der Waals surface area contributed by atoms with Crippen LogP contribution in [-0.2, 0) is 0 Å². The lowest BCUT2D eigenvalue weighted by Gasteiger charge is -2.20. The van der Waals surface area contributed by atoms with Gasteiger partial charge in [-0.1, -0.05) is 37.6 Å². The Bertz CT molecular complexity index is 778. The van der Waals surface area contributed by atoms with Gasteiger partial charge in [0, 0.05) is 5.56 Å². The van der Waals surface area contributed by atoms with Crippen LogP contribution in [-0.4, -0.2) is 13.0 Å². The summed E-state index contributed by atoms with van der Waals surface area (Å²) in [5.74, 6) is 1.08. The summed E-state index contributed by atoms with van der Waals surface area (Å²) in [7, 11) is 1.67. The number of rotatable bonds is 5. The van der Waals surface area contributed by atoms with Gasteiger partial charge in [-0.05, 0) is 68.0 Å². The summed E-state index contributed by atoms with van der Waals surface area (Å²) in [6.07, 6.45) is 0. The molecule has 0 aliphatic rings. The van der Waals surface area contributed by atoms with Crippen LogP contribution in [0.1, 0.15) is 70.9 Å². The van der Waals surface area contributed by atoms with Crippen LogP contribution >= 0.6 is 0 Å². The highest BCUT2D eigenvalue weighted by molar-refractivity contribution is 5.96. The van der Waals surface area contributed by atoms with Gasteiger partial charge in [0.1, 0.15) is 5.75 Å². The van der Waals surface area contributed by atoms with Crippen molar-refractivity contribution in [1.29, 1.82) is 0 Å². The first-order valence-electron chi connectivity index (χ1n) is 8.81. The normalized spacial score (nSPS) is 12.2. The number of ether oxygens (including phenoxy) is 1. The van der Waals surface area contributed by atoms with Gasteiger partial charge in [-0.2, -0.15) is 0 Å². The Morgan fingerprint density at radius 3 is 2.20 bits per heavy atom. The van der Waals surface area contributed by atoms with Crippen molar-refractivity contribution in [3.63, 3.8) is 0 Å². The predicted molar refractivity (Wildman–Crippen MR) is 104 cm³/mol. The van der Waals surface area contributed by atoms with Crippen LogP contribution in [0.2, 0.25) is 0 Å². The topological polar surface area (TPSA) is 38.3 Å². The highest BCUT2D eigenvalue weighted by Gasteiger charge is 2.18. The number of hydrogen-bond donors (Lipinski definition) is 1. The van der Waals surface area contributed by atoms with E-state index in [0.29, 0.717) is 11.5 Å². The number of benzene rings is 2. The molecule has 2 aromatic carbocycles. The van der Waals surface area contributed by atoms with Crippen molar-refractivity contribution in [2.75, 3.05) is 7.11 Å². The molecule has 0 aliphatic carbocycles. The molecule has 1 amide bonds. The Kier molecular flexibility index (Phi) is 5.89. The standard InChI is InChI=1S/C22H29NO2/c1-13(2)19-12-20(16(5)11-21(19)25-7)22(24)23-17(6)18-9-8-14(3)10-15(18)4/h8-13,17H,1-7H3,(H,23,24)/t17-/m1/s1. The first kappa shape index (κ1) is 19.0. The minimum Gasteiger partial charge on any atom is -0.496 e. The molecule has 0 heterocycles. The average Bonchev–Trinajstić information content (AvgIpc) is 2.53. The monoisotopic (exact) mass is 339 g/mol. The highest BCUT2D eigenvalue weighted by atomic mass is 16.5. The molecule has 0 aliphatic heterocycles. The zero-order chi connectivity index (χ0) is 18.7. The van der Waals surface area contributed by atoms with Gasteiger partial charge in [-0.25, -0.2) is 0 Å². The van der Waals surface area contributed by atoms with E-state index in [2.05, 4.69) is 51.2 Å². The molecule has 0 unspecified atom stereocenters. The fourth-order valence-corrected chi connectivity index (χ4v) is 3.23. The smallest absolute Gasteiger partial charge is 0.252 e. The molecule has 0 spiro atoms. The van der Waals surface area contributed by atoms with Crippen LogP contribution in [0.5, 0.6) is 5.75 Å². The molecule has 2 aromatic rings. The summed E-state index contributed by atoms with van der Waals surface area (Å²) in [5, 5.41) is 3.14. The molecule has 0 fully saturated rings. The summed E-state index contributed by atoms with van der Waals surface area (Å²) in [4.78, 5) is 12.9. The van der Waals surface area contributed by atoms with Gasteiger partial charge in [0.15, 0.2) is 0 Å². The van der Waals surface area contributed by atoms with E-state index in [9.17, 15) is 4.79 Å². The summed E-state index contributed by atoms with van der Waals surface area (Å²) < 4.78 is 5.47. The number of carbonyl (C=O) groups is 1. The molecule has 3 heteroatoms. The van der Waals surface area contributed by atoms with Crippen molar-refractivity contribution >= 4 is 5.91 Å². The molecule has 1 atom stereocenters. The Balaban J connectivity index is 2.30. The van der Waals surface area contributed by atoms with Crippen LogP contribution in [0, 0.1) is 20.8 Å². The Hall–Kier alpha value is -2.29.